The van der Waals surface area contributed by atoms with Crippen LogP contribution in [0.5, 0.6) is 0 Å². The third-order valence-electron chi connectivity index (χ3n) is 2.96. The molecule has 0 atom stereocenters. The predicted octanol–water partition coefficient (Wildman–Crippen LogP) is 4.18. The summed E-state index contributed by atoms with van der Waals surface area (Å²) >= 11 is 7.57. The lowest BCUT2D eigenvalue weighted by Gasteiger charge is -2.06. The minimum absolute atomic E-state index is 0.590. The fourth-order valence-corrected chi connectivity index (χ4v) is 2.95. The van der Waals surface area contributed by atoms with Crippen LogP contribution in [-0.2, 0) is 6.42 Å². The molecular formula is C14H13ClN2S. The fourth-order valence-electron chi connectivity index (χ4n) is 2.16. The summed E-state index contributed by atoms with van der Waals surface area (Å²) in [7, 11) is 0. The smallest absolute Gasteiger partial charge is 0.115 e. The van der Waals surface area contributed by atoms with Gasteiger partial charge in [-0.1, -0.05) is 6.07 Å². The molecule has 0 saturated carbocycles. The Balaban J connectivity index is 2.30. The van der Waals surface area contributed by atoms with Crippen LogP contribution >= 0.6 is 22.9 Å². The summed E-state index contributed by atoms with van der Waals surface area (Å²) in [5.41, 5.74) is 4.62. The number of aromatic nitrogens is 2. The van der Waals surface area contributed by atoms with Gasteiger partial charge >= 0.3 is 0 Å². The van der Waals surface area contributed by atoms with Crippen LogP contribution in [0.2, 0.25) is 0 Å². The second-order valence-electron chi connectivity index (χ2n) is 4.28. The van der Waals surface area contributed by atoms with Crippen molar-refractivity contribution in [1.82, 2.24) is 9.55 Å². The maximum Gasteiger partial charge on any atom is 0.115 e. The van der Waals surface area contributed by atoms with Crippen LogP contribution in [0.1, 0.15) is 11.4 Å². The molecule has 0 aliphatic rings. The van der Waals surface area contributed by atoms with Crippen LogP contribution < -0.4 is 0 Å². The number of hydrogen-bond donors (Lipinski definition) is 0. The molecule has 2 heterocycles. The van der Waals surface area contributed by atoms with E-state index in [2.05, 4.69) is 51.5 Å². The predicted molar refractivity (Wildman–Crippen MR) is 78.1 cm³/mol. The lowest BCUT2D eigenvalue weighted by molar-refractivity contribution is 0.915. The molecule has 0 unspecified atom stereocenters. The number of imidazole rings is 1. The van der Waals surface area contributed by atoms with Crippen LogP contribution in [0.4, 0.5) is 0 Å². The topological polar surface area (TPSA) is 17.8 Å². The molecule has 92 valence electrons. The van der Waals surface area contributed by atoms with Gasteiger partial charge in [0.1, 0.15) is 5.82 Å². The molecule has 3 rings (SSSR count). The zero-order chi connectivity index (χ0) is 12.5. The SMILES string of the molecule is Cc1ccc2nc(CCCl)n(-c3ccsc3)c2c1. The van der Waals surface area contributed by atoms with E-state index in [9.17, 15) is 0 Å². The average molecular weight is 277 g/mol. The Morgan fingerprint density at radius 1 is 1.33 bits per heavy atom. The standard InChI is InChI=1S/C14H13ClN2S/c1-10-2-3-12-13(8-10)17(11-5-7-18-9-11)14(16-12)4-6-15/h2-3,5,7-9H,4,6H2,1H3. The summed E-state index contributed by atoms with van der Waals surface area (Å²) in [5, 5.41) is 4.22. The zero-order valence-electron chi connectivity index (χ0n) is 10.1. The summed E-state index contributed by atoms with van der Waals surface area (Å²) in [4.78, 5) is 4.68. The molecule has 2 nitrogen and oxygen atoms in total. The number of benzene rings is 1. The third kappa shape index (κ3) is 1.93. The number of halogens is 1. The van der Waals surface area contributed by atoms with E-state index in [1.165, 1.54) is 11.3 Å². The van der Waals surface area contributed by atoms with Crippen molar-refractivity contribution in [2.24, 2.45) is 0 Å². The summed E-state index contributed by atoms with van der Waals surface area (Å²) in [6.07, 6.45) is 0.783. The van der Waals surface area contributed by atoms with Gasteiger partial charge in [-0.2, -0.15) is 11.3 Å². The number of alkyl halides is 1. The summed E-state index contributed by atoms with van der Waals surface area (Å²) in [5.74, 6) is 1.62. The van der Waals surface area contributed by atoms with Crippen LogP contribution in [-0.4, -0.2) is 15.4 Å². The van der Waals surface area contributed by atoms with E-state index in [4.69, 9.17) is 11.6 Å². The van der Waals surface area contributed by atoms with Crippen molar-refractivity contribution >= 4 is 34.0 Å². The van der Waals surface area contributed by atoms with Gasteiger partial charge in [-0.15, -0.1) is 11.6 Å². The number of fused-ring (bicyclic) bond motifs is 1. The summed E-state index contributed by atoms with van der Waals surface area (Å²) in [6, 6.07) is 8.46. The van der Waals surface area contributed by atoms with E-state index < -0.39 is 0 Å². The molecule has 4 heteroatoms. The first kappa shape index (κ1) is 11.8. The highest BCUT2D eigenvalue weighted by atomic mass is 35.5. The van der Waals surface area contributed by atoms with E-state index >= 15 is 0 Å². The van der Waals surface area contributed by atoms with Gasteiger partial charge in [0.25, 0.3) is 0 Å². The minimum Gasteiger partial charge on any atom is -0.295 e. The van der Waals surface area contributed by atoms with E-state index in [0.717, 1.165) is 23.3 Å². The summed E-state index contributed by atoms with van der Waals surface area (Å²) < 4.78 is 2.21. The molecule has 0 aliphatic heterocycles. The van der Waals surface area contributed by atoms with Crippen LogP contribution in [0.15, 0.2) is 35.0 Å². The van der Waals surface area contributed by atoms with Crippen molar-refractivity contribution < 1.29 is 0 Å². The second kappa shape index (κ2) is 4.75. The van der Waals surface area contributed by atoms with Crippen molar-refractivity contribution in [2.75, 3.05) is 5.88 Å². The lowest BCUT2D eigenvalue weighted by atomic mass is 10.2. The Hall–Kier alpha value is -1.32. The Bertz CT molecular complexity index is 670. The van der Waals surface area contributed by atoms with Crippen LogP contribution in [0.25, 0.3) is 16.7 Å². The molecule has 18 heavy (non-hydrogen) atoms. The molecule has 0 amide bonds. The van der Waals surface area contributed by atoms with Crippen molar-refractivity contribution in [1.29, 1.82) is 0 Å². The normalized spacial score (nSPS) is 11.2. The van der Waals surface area contributed by atoms with E-state index in [-0.39, 0.29) is 0 Å². The Morgan fingerprint density at radius 2 is 2.22 bits per heavy atom. The highest BCUT2D eigenvalue weighted by Gasteiger charge is 2.12. The highest BCUT2D eigenvalue weighted by Crippen LogP contribution is 2.24. The fraction of sp³-hybridized carbons (Fsp3) is 0.214. The van der Waals surface area contributed by atoms with E-state index in [1.54, 1.807) is 11.3 Å². The van der Waals surface area contributed by atoms with Crippen LogP contribution in [0.3, 0.4) is 0 Å². The molecule has 0 bridgehead atoms. The van der Waals surface area contributed by atoms with Gasteiger partial charge in [-0.05, 0) is 36.1 Å². The molecule has 2 aromatic heterocycles. The molecule has 0 fully saturated rings. The molecule has 3 aromatic rings. The molecule has 0 aliphatic carbocycles. The number of hydrogen-bond acceptors (Lipinski definition) is 2. The average Bonchev–Trinajstić information content (AvgIpc) is 2.95. The Morgan fingerprint density at radius 3 is 2.94 bits per heavy atom. The van der Waals surface area contributed by atoms with Gasteiger partial charge in [-0.3, -0.25) is 4.57 Å². The van der Waals surface area contributed by atoms with Gasteiger partial charge in [-0.25, -0.2) is 4.98 Å². The molecule has 0 radical (unpaired) electrons. The maximum atomic E-state index is 5.88. The quantitative estimate of drug-likeness (QED) is 0.656. The number of nitrogens with zero attached hydrogens (tertiary/aromatic N) is 2. The number of rotatable bonds is 3. The van der Waals surface area contributed by atoms with Crippen molar-refractivity contribution in [3.8, 4) is 5.69 Å². The van der Waals surface area contributed by atoms with Crippen molar-refractivity contribution in [3.05, 3.63) is 46.4 Å². The molecule has 0 saturated heterocycles. The maximum absolute atomic E-state index is 5.88. The summed E-state index contributed by atoms with van der Waals surface area (Å²) in [6.45, 7) is 2.10. The largest absolute Gasteiger partial charge is 0.295 e. The zero-order valence-corrected chi connectivity index (χ0v) is 11.6. The van der Waals surface area contributed by atoms with E-state index in [0.29, 0.717) is 5.88 Å². The Labute approximate surface area is 115 Å². The second-order valence-corrected chi connectivity index (χ2v) is 5.43. The first-order valence-corrected chi connectivity index (χ1v) is 7.34. The van der Waals surface area contributed by atoms with Crippen LogP contribution in [0, 0.1) is 6.92 Å². The number of aryl methyl sites for hydroxylation is 2. The van der Waals surface area contributed by atoms with Gasteiger partial charge in [0.15, 0.2) is 0 Å². The van der Waals surface area contributed by atoms with E-state index in [1.807, 2.05) is 0 Å². The first-order valence-electron chi connectivity index (χ1n) is 5.86. The molecular weight excluding hydrogens is 264 g/mol. The van der Waals surface area contributed by atoms with Gasteiger partial charge in [0, 0.05) is 17.7 Å². The highest BCUT2D eigenvalue weighted by molar-refractivity contribution is 7.08. The van der Waals surface area contributed by atoms with Crippen molar-refractivity contribution in [3.63, 3.8) is 0 Å². The monoisotopic (exact) mass is 276 g/mol. The molecule has 0 spiro atoms. The lowest BCUT2D eigenvalue weighted by Crippen LogP contribution is -2.00. The third-order valence-corrected chi connectivity index (χ3v) is 3.82. The van der Waals surface area contributed by atoms with Gasteiger partial charge < -0.3 is 0 Å². The van der Waals surface area contributed by atoms with Gasteiger partial charge in [0.2, 0.25) is 0 Å². The Kier molecular flexibility index (Phi) is 3.10. The number of thiophene rings is 1. The van der Waals surface area contributed by atoms with Gasteiger partial charge in [0.05, 0.1) is 16.7 Å². The van der Waals surface area contributed by atoms with Crippen molar-refractivity contribution in [2.45, 2.75) is 13.3 Å². The molecule has 1 aromatic carbocycles. The minimum atomic E-state index is 0.590. The molecule has 0 N–H and O–H groups in total. The first-order chi connectivity index (χ1) is 8.79.